The zero-order valence-electron chi connectivity index (χ0n) is 23.7. The van der Waals surface area contributed by atoms with Crippen LogP contribution in [0.1, 0.15) is 16.7 Å². The molecule has 0 unspecified atom stereocenters. The summed E-state index contributed by atoms with van der Waals surface area (Å²) in [5.41, 5.74) is 3.63. The van der Waals surface area contributed by atoms with Crippen LogP contribution in [0.15, 0.2) is 97.7 Å². The van der Waals surface area contributed by atoms with E-state index < -0.39 is 12.2 Å². The SMILES string of the molecule is C=CCN1CC(=O)N2[C@@H](Cc3ccc(O)cc3)C(=O)N(Cc3cccc4cc[nH]c34)C[C@@H]2N1C(=O)NCc1ccccc1. The van der Waals surface area contributed by atoms with E-state index in [2.05, 4.69) is 16.9 Å². The van der Waals surface area contributed by atoms with Crippen LogP contribution in [-0.4, -0.2) is 79.6 Å². The number of carbonyl (C=O) groups is 3. The van der Waals surface area contributed by atoms with Gasteiger partial charge >= 0.3 is 6.03 Å². The quantitative estimate of drug-likeness (QED) is 0.277. The number of aromatic nitrogens is 1. The number of aromatic amines is 1. The second kappa shape index (κ2) is 12.0. The highest BCUT2D eigenvalue weighted by molar-refractivity contribution is 5.92. The van der Waals surface area contributed by atoms with E-state index in [0.717, 1.165) is 27.6 Å². The molecule has 0 spiro atoms. The first-order valence-electron chi connectivity index (χ1n) is 14.3. The molecule has 4 amide bonds. The van der Waals surface area contributed by atoms with Crippen molar-refractivity contribution in [1.29, 1.82) is 0 Å². The number of nitrogens with zero attached hydrogens (tertiary/aromatic N) is 4. The number of phenolic OH excluding ortho intramolecular Hbond substituents is 1. The Balaban J connectivity index is 1.36. The molecule has 0 radical (unpaired) electrons. The Kier molecular flexibility index (Phi) is 7.84. The number of nitrogens with one attached hydrogen (secondary N) is 2. The first-order valence-corrected chi connectivity index (χ1v) is 14.3. The van der Waals surface area contributed by atoms with Crippen LogP contribution in [0.3, 0.4) is 0 Å². The van der Waals surface area contributed by atoms with Gasteiger partial charge in [-0.25, -0.2) is 14.8 Å². The lowest BCUT2D eigenvalue weighted by molar-refractivity contribution is -0.189. The van der Waals surface area contributed by atoms with Crippen molar-refractivity contribution >= 4 is 28.7 Å². The summed E-state index contributed by atoms with van der Waals surface area (Å²) in [5, 5.41) is 17.1. The van der Waals surface area contributed by atoms with Gasteiger partial charge in [-0.3, -0.25) is 9.59 Å². The normalized spacial score (nSPS) is 19.0. The van der Waals surface area contributed by atoms with Gasteiger partial charge in [-0.05, 0) is 40.3 Å². The Labute approximate surface area is 249 Å². The van der Waals surface area contributed by atoms with Crippen molar-refractivity contribution in [3.63, 3.8) is 0 Å². The number of hydrazine groups is 1. The molecule has 0 saturated carbocycles. The van der Waals surface area contributed by atoms with Crippen molar-refractivity contribution in [2.24, 2.45) is 0 Å². The molecule has 2 aliphatic rings. The molecule has 2 saturated heterocycles. The van der Waals surface area contributed by atoms with Crippen molar-refractivity contribution in [3.8, 4) is 5.75 Å². The molecule has 10 nitrogen and oxygen atoms in total. The third-order valence-corrected chi connectivity index (χ3v) is 8.06. The van der Waals surface area contributed by atoms with E-state index in [9.17, 15) is 19.5 Å². The molecule has 3 aromatic carbocycles. The van der Waals surface area contributed by atoms with Crippen LogP contribution >= 0.6 is 0 Å². The maximum atomic E-state index is 14.2. The fourth-order valence-electron chi connectivity index (χ4n) is 6.04. The highest BCUT2D eigenvalue weighted by atomic mass is 16.3. The molecule has 10 heteroatoms. The van der Waals surface area contributed by atoms with Crippen molar-refractivity contribution in [3.05, 3.63) is 114 Å². The minimum absolute atomic E-state index is 0.0670. The van der Waals surface area contributed by atoms with Gasteiger partial charge in [-0.15, -0.1) is 6.58 Å². The largest absolute Gasteiger partial charge is 0.508 e. The number of hydrogen-bond donors (Lipinski definition) is 3. The summed E-state index contributed by atoms with van der Waals surface area (Å²) in [6, 6.07) is 23.0. The number of hydrogen-bond acceptors (Lipinski definition) is 5. The fourth-order valence-corrected chi connectivity index (χ4v) is 6.04. The Morgan fingerprint density at radius 1 is 1.00 bits per heavy atom. The summed E-state index contributed by atoms with van der Waals surface area (Å²) in [6.07, 6.45) is 3.03. The zero-order valence-corrected chi connectivity index (χ0v) is 23.7. The second-order valence-electron chi connectivity index (χ2n) is 10.9. The maximum absolute atomic E-state index is 14.2. The molecule has 2 atom stereocenters. The zero-order chi connectivity index (χ0) is 29.9. The number of urea groups is 1. The van der Waals surface area contributed by atoms with E-state index in [4.69, 9.17) is 0 Å². The van der Waals surface area contributed by atoms with Gasteiger partial charge in [-0.1, -0.05) is 66.7 Å². The second-order valence-corrected chi connectivity index (χ2v) is 10.9. The molecule has 0 bridgehead atoms. The number of phenols is 1. The molecule has 1 aromatic heterocycles. The first kappa shape index (κ1) is 28.0. The van der Waals surface area contributed by atoms with Gasteiger partial charge in [-0.2, -0.15) is 0 Å². The minimum atomic E-state index is -0.839. The number of para-hydroxylation sites is 1. The van der Waals surface area contributed by atoms with Crippen LogP contribution in [-0.2, 0) is 29.1 Å². The summed E-state index contributed by atoms with van der Waals surface area (Å²) >= 11 is 0. The summed E-state index contributed by atoms with van der Waals surface area (Å²) in [5.74, 6) is -0.307. The molecular weight excluding hydrogens is 544 g/mol. The molecule has 4 aromatic rings. The third-order valence-electron chi connectivity index (χ3n) is 8.06. The number of amides is 4. The molecule has 6 rings (SSSR count). The first-order chi connectivity index (χ1) is 20.9. The van der Waals surface area contributed by atoms with Gasteiger partial charge in [0.2, 0.25) is 11.8 Å². The van der Waals surface area contributed by atoms with Gasteiger partial charge in [0.15, 0.2) is 0 Å². The summed E-state index contributed by atoms with van der Waals surface area (Å²) < 4.78 is 0. The van der Waals surface area contributed by atoms with Crippen molar-refractivity contribution < 1.29 is 19.5 Å². The van der Waals surface area contributed by atoms with E-state index >= 15 is 0 Å². The molecule has 3 N–H and O–H groups in total. The summed E-state index contributed by atoms with van der Waals surface area (Å²) in [6.45, 7) is 4.82. The molecule has 43 heavy (non-hydrogen) atoms. The van der Waals surface area contributed by atoms with E-state index in [-0.39, 0.29) is 49.7 Å². The lowest BCUT2D eigenvalue weighted by Crippen LogP contribution is -2.76. The number of aromatic hydroxyl groups is 1. The minimum Gasteiger partial charge on any atom is -0.508 e. The van der Waals surface area contributed by atoms with E-state index in [0.29, 0.717) is 13.1 Å². The van der Waals surface area contributed by atoms with Gasteiger partial charge in [0.1, 0.15) is 18.0 Å². The van der Waals surface area contributed by atoms with Gasteiger partial charge < -0.3 is 25.2 Å². The van der Waals surface area contributed by atoms with Crippen LogP contribution in [0.5, 0.6) is 5.75 Å². The van der Waals surface area contributed by atoms with Crippen LogP contribution in [0.2, 0.25) is 0 Å². The monoisotopic (exact) mass is 578 g/mol. The Morgan fingerprint density at radius 2 is 1.79 bits per heavy atom. The standard InChI is InChI=1S/C33H34N6O4/c1-2-17-37-22-30(41)38-28(18-23-11-13-27(40)14-12-23)32(42)36(20-26-10-6-9-25-15-16-34-31(25)26)21-29(38)39(37)33(43)35-19-24-7-4-3-5-8-24/h2-16,28-29,34,40H,1,17-22H2,(H,35,43)/t28-,29-/m0/s1. The van der Waals surface area contributed by atoms with Crippen molar-refractivity contribution in [1.82, 2.24) is 30.1 Å². The fraction of sp³-hybridized carbons (Fsp3) is 0.242. The number of H-pyrrole nitrogens is 1. The molecule has 0 aliphatic carbocycles. The van der Waals surface area contributed by atoms with Crippen molar-refractivity contribution in [2.45, 2.75) is 31.7 Å². The maximum Gasteiger partial charge on any atom is 0.334 e. The Bertz CT molecular complexity index is 1640. The van der Waals surface area contributed by atoms with Crippen LogP contribution in [0.25, 0.3) is 10.9 Å². The number of benzene rings is 3. The van der Waals surface area contributed by atoms with E-state index in [1.165, 1.54) is 0 Å². The topological polar surface area (TPSA) is 112 Å². The van der Waals surface area contributed by atoms with Crippen LogP contribution in [0.4, 0.5) is 4.79 Å². The molecule has 3 heterocycles. The lowest BCUT2D eigenvalue weighted by Gasteiger charge is -2.55. The van der Waals surface area contributed by atoms with Gasteiger partial charge in [0.05, 0.1) is 18.6 Å². The average molecular weight is 579 g/mol. The Morgan fingerprint density at radius 3 is 2.56 bits per heavy atom. The van der Waals surface area contributed by atoms with Crippen LogP contribution < -0.4 is 5.32 Å². The molecule has 220 valence electrons. The molecule has 2 aliphatic heterocycles. The van der Waals surface area contributed by atoms with Gasteiger partial charge in [0.25, 0.3) is 0 Å². The van der Waals surface area contributed by atoms with Crippen LogP contribution in [0, 0.1) is 0 Å². The lowest BCUT2D eigenvalue weighted by atomic mass is 9.98. The molecule has 2 fully saturated rings. The predicted octanol–water partition coefficient (Wildman–Crippen LogP) is 3.61. The molecular formula is C33H34N6O4. The van der Waals surface area contributed by atoms with E-state index in [1.54, 1.807) is 50.2 Å². The Hall–Kier alpha value is -5.09. The third kappa shape index (κ3) is 5.69. The summed E-state index contributed by atoms with van der Waals surface area (Å²) in [4.78, 5) is 48.4. The number of fused-ring (bicyclic) bond motifs is 2. The highest BCUT2D eigenvalue weighted by Gasteiger charge is 2.51. The van der Waals surface area contributed by atoms with Crippen molar-refractivity contribution in [2.75, 3.05) is 19.6 Å². The smallest absolute Gasteiger partial charge is 0.334 e. The average Bonchev–Trinajstić information content (AvgIpc) is 3.50. The highest BCUT2D eigenvalue weighted by Crippen LogP contribution is 2.30. The predicted molar refractivity (Wildman–Crippen MR) is 162 cm³/mol. The number of carbonyl (C=O) groups excluding carboxylic acids is 3. The number of piperazine rings is 1. The summed E-state index contributed by atoms with van der Waals surface area (Å²) in [7, 11) is 0. The van der Waals surface area contributed by atoms with Gasteiger partial charge in [0, 0.05) is 32.3 Å². The van der Waals surface area contributed by atoms with E-state index in [1.807, 2.05) is 60.8 Å². The number of rotatable bonds is 8.